The van der Waals surface area contributed by atoms with Gasteiger partial charge in [0, 0.05) is 6.42 Å². The highest BCUT2D eigenvalue weighted by Crippen LogP contribution is 2.13. The standard InChI is InChI=1S/C60H99NO3/c1-3-5-7-9-11-13-15-17-19-21-23-25-26-27-28-29-30-31-32-33-34-36-38-40-42-44-46-48-50-52-54-56-60(64)61-58(57-62)59(63)55-53-51-49-47-45-43-41-39-37-35-24-22-20-18-16-14-12-10-8-6-4-2/h5,7,11,13,17,19,23,25,27-28,30-31,33-34,37-40,45,47,53,55,58-59,62-63H,3-4,6,8-10,12,14-16,18,20-22,24,26,29,32,35-36,41-44,46,48-52,54,56-57H2,1-2H3,(H,61,64)/b7-5-,13-11-,19-17-,25-23-,28-27-,31-30-,34-33-,39-37+,40-38-,47-45+,55-53+. The summed E-state index contributed by atoms with van der Waals surface area (Å²) >= 11 is 0. The number of nitrogens with one attached hydrogen (secondary N) is 1. The molecule has 1 amide bonds. The maximum atomic E-state index is 12.4. The molecule has 4 heteroatoms. The fourth-order valence-electron chi connectivity index (χ4n) is 7.11. The van der Waals surface area contributed by atoms with Crippen LogP contribution in [0.25, 0.3) is 0 Å². The summed E-state index contributed by atoms with van der Waals surface area (Å²) in [5.41, 5.74) is 0. The molecule has 0 aromatic heterocycles. The fourth-order valence-corrected chi connectivity index (χ4v) is 7.11. The van der Waals surface area contributed by atoms with Gasteiger partial charge in [-0.25, -0.2) is 0 Å². The molecule has 0 radical (unpaired) electrons. The molecule has 2 atom stereocenters. The van der Waals surface area contributed by atoms with Crippen LogP contribution in [0.3, 0.4) is 0 Å². The number of rotatable bonds is 46. The molecule has 0 aromatic rings. The van der Waals surface area contributed by atoms with Crippen LogP contribution in [0.2, 0.25) is 0 Å². The topological polar surface area (TPSA) is 69.6 Å². The second kappa shape index (κ2) is 53.9. The molecule has 0 fully saturated rings. The van der Waals surface area contributed by atoms with Crippen molar-refractivity contribution in [3.63, 3.8) is 0 Å². The predicted octanol–water partition coefficient (Wildman–Crippen LogP) is 17.5. The Morgan fingerprint density at radius 2 is 0.703 bits per heavy atom. The van der Waals surface area contributed by atoms with E-state index in [0.29, 0.717) is 6.42 Å². The third kappa shape index (κ3) is 49.5. The van der Waals surface area contributed by atoms with Crippen molar-refractivity contribution in [1.82, 2.24) is 5.32 Å². The van der Waals surface area contributed by atoms with E-state index < -0.39 is 12.1 Å². The molecule has 64 heavy (non-hydrogen) atoms. The zero-order valence-electron chi connectivity index (χ0n) is 41.5. The summed E-state index contributed by atoms with van der Waals surface area (Å²) in [6.07, 6.45) is 84.4. The van der Waals surface area contributed by atoms with Crippen LogP contribution in [0.5, 0.6) is 0 Å². The van der Waals surface area contributed by atoms with E-state index in [1.165, 1.54) is 96.3 Å². The summed E-state index contributed by atoms with van der Waals surface area (Å²) in [5.74, 6) is -0.0983. The van der Waals surface area contributed by atoms with E-state index in [1.807, 2.05) is 6.08 Å². The molecule has 362 valence electrons. The monoisotopic (exact) mass is 882 g/mol. The molecule has 0 rings (SSSR count). The molecule has 0 saturated carbocycles. The van der Waals surface area contributed by atoms with Gasteiger partial charge in [-0.3, -0.25) is 4.79 Å². The van der Waals surface area contributed by atoms with Gasteiger partial charge in [0.25, 0.3) is 0 Å². The molecule has 0 aromatic carbocycles. The van der Waals surface area contributed by atoms with E-state index in [-0.39, 0.29) is 12.5 Å². The Balaban J connectivity index is 3.71. The normalized spacial score (nSPS) is 14.0. The molecule has 0 heterocycles. The van der Waals surface area contributed by atoms with Gasteiger partial charge in [-0.2, -0.15) is 0 Å². The fraction of sp³-hybridized carbons (Fsp3) is 0.617. The summed E-state index contributed by atoms with van der Waals surface area (Å²) in [7, 11) is 0. The first-order valence-corrected chi connectivity index (χ1v) is 26.4. The minimum atomic E-state index is -0.887. The number of aliphatic hydroxyl groups excluding tert-OH is 2. The molecule has 4 nitrogen and oxygen atoms in total. The lowest BCUT2D eigenvalue weighted by Gasteiger charge is -2.19. The molecular formula is C60H99NO3. The first-order valence-electron chi connectivity index (χ1n) is 26.4. The van der Waals surface area contributed by atoms with E-state index in [0.717, 1.165) is 103 Å². The van der Waals surface area contributed by atoms with E-state index in [9.17, 15) is 15.0 Å². The minimum Gasteiger partial charge on any atom is -0.394 e. The highest BCUT2D eigenvalue weighted by atomic mass is 16.3. The number of allylic oxidation sites excluding steroid dienone is 21. The van der Waals surface area contributed by atoms with Crippen LogP contribution in [0.15, 0.2) is 134 Å². The minimum absolute atomic E-state index is 0.0983. The Morgan fingerprint density at radius 3 is 1.09 bits per heavy atom. The van der Waals surface area contributed by atoms with Gasteiger partial charge in [0.05, 0.1) is 18.8 Å². The molecule has 0 spiro atoms. The Labute approximate surface area is 396 Å². The van der Waals surface area contributed by atoms with Crippen molar-refractivity contribution >= 4 is 5.91 Å². The van der Waals surface area contributed by atoms with Crippen molar-refractivity contribution in [3.8, 4) is 0 Å². The first-order chi connectivity index (χ1) is 31.7. The average Bonchev–Trinajstić information content (AvgIpc) is 3.30. The SMILES string of the molecule is CC/C=C\C/C=C\C/C=C\C/C=C\C/C=C\C/C=C\C/C=C\C/C=C\CCCCCCCCC(=O)NC(CO)C(O)/C=C/CC/C=C/CC/C=C/CCCCCCCCCCCCC. The van der Waals surface area contributed by atoms with Gasteiger partial charge in [-0.05, 0) is 109 Å². The Hall–Kier alpha value is -3.47. The summed E-state index contributed by atoms with van der Waals surface area (Å²) in [5, 5.41) is 23.1. The lowest BCUT2D eigenvalue weighted by molar-refractivity contribution is -0.123. The number of hydrogen-bond donors (Lipinski definition) is 3. The van der Waals surface area contributed by atoms with Crippen LogP contribution in [-0.2, 0) is 4.79 Å². The van der Waals surface area contributed by atoms with Gasteiger partial charge in [-0.1, -0.05) is 237 Å². The van der Waals surface area contributed by atoms with Gasteiger partial charge in [0.2, 0.25) is 5.91 Å². The average molecular weight is 882 g/mol. The van der Waals surface area contributed by atoms with Crippen LogP contribution < -0.4 is 5.32 Å². The molecule has 0 aliphatic carbocycles. The van der Waals surface area contributed by atoms with Crippen LogP contribution >= 0.6 is 0 Å². The summed E-state index contributed by atoms with van der Waals surface area (Å²) < 4.78 is 0. The number of hydrogen-bond acceptors (Lipinski definition) is 3. The number of unbranched alkanes of at least 4 members (excludes halogenated alkanes) is 19. The largest absolute Gasteiger partial charge is 0.394 e. The van der Waals surface area contributed by atoms with E-state index in [1.54, 1.807) is 6.08 Å². The molecule has 2 unspecified atom stereocenters. The maximum Gasteiger partial charge on any atom is 0.220 e. The van der Waals surface area contributed by atoms with Crippen molar-refractivity contribution < 1.29 is 15.0 Å². The van der Waals surface area contributed by atoms with Gasteiger partial charge >= 0.3 is 0 Å². The van der Waals surface area contributed by atoms with Crippen molar-refractivity contribution in [1.29, 1.82) is 0 Å². The van der Waals surface area contributed by atoms with Crippen LogP contribution in [0.1, 0.15) is 219 Å². The number of carbonyl (C=O) groups is 1. The summed E-state index contributed by atoms with van der Waals surface area (Å²) in [4.78, 5) is 12.4. The van der Waals surface area contributed by atoms with E-state index in [2.05, 4.69) is 141 Å². The molecule has 0 aliphatic heterocycles. The highest BCUT2D eigenvalue weighted by molar-refractivity contribution is 5.76. The third-order valence-electron chi connectivity index (χ3n) is 11.1. The van der Waals surface area contributed by atoms with Gasteiger partial charge in [0.15, 0.2) is 0 Å². The molecular weight excluding hydrogens is 783 g/mol. The van der Waals surface area contributed by atoms with E-state index in [4.69, 9.17) is 0 Å². The van der Waals surface area contributed by atoms with Gasteiger partial charge < -0.3 is 15.5 Å². The van der Waals surface area contributed by atoms with Crippen molar-refractivity contribution in [3.05, 3.63) is 134 Å². The number of amides is 1. The second-order valence-corrected chi connectivity index (χ2v) is 17.2. The molecule has 0 aliphatic rings. The number of carbonyl (C=O) groups excluding carboxylic acids is 1. The first kappa shape index (κ1) is 60.5. The zero-order chi connectivity index (χ0) is 46.3. The Bertz CT molecular complexity index is 1320. The van der Waals surface area contributed by atoms with E-state index >= 15 is 0 Å². The second-order valence-electron chi connectivity index (χ2n) is 17.2. The lowest BCUT2D eigenvalue weighted by Crippen LogP contribution is -2.45. The molecule has 0 bridgehead atoms. The molecule has 3 N–H and O–H groups in total. The third-order valence-corrected chi connectivity index (χ3v) is 11.1. The highest BCUT2D eigenvalue weighted by Gasteiger charge is 2.17. The Kier molecular flexibility index (Phi) is 50.9. The quantitative estimate of drug-likeness (QED) is 0.0421. The van der Waals surface area contributed by atoms with Gasteiger partial charge in [-0.15, -0.1) is 0 Å². The van der Waals surface area contributed by atoms with Crippen LogP contribution in [0.4, 0.5) is 0 Å². The van der Waals surface area contributed by atoms with Crippen molar-refractivity contribution in [2.45, 2.75) is 231 Å². The summed E-state index contributed by atoms with van der Waals surface area (Å²) in [6, 6.07) is -0.665. The maximum absolute atomic E-state index is 12.4. The zero-order valence-corrected chi connectivity index (χ0v) is 41.5. The number of aliphatic hydroxyl groups is 2. The van der Waals surface area contributed by atoms with Gasteiger partial charge in [0.1, 0.15) is 0 Å². The Morgan fingerprint density at radius 1 is 0.391 bits per heavy atom. The predicted molar refractivity (Wildman–Crippen MR) is 285 cm³/mol. The van der Waals surface area contributed by atoms with Crippen LogP contribution in [-0.4, -0.2) is 34.9 Å². The van der Waals surface area contributed by atoms with Crippen molar-refractivity contribution in [2.24, 2.45) is 0 Å². The van der Waals surface area contributed by atoms with Crippen LogP contribution in [0, 0.1) is 0 Å². The summed E-state index contributed by atoms with van der Waals surface area (Å²) in [6.45, 7) is 4.17. The van der Waals surface area contributed by atoms with Crippen molar-refractivity contribution in [2.75, 3.05) is 6.61 Å². The molecule has 0 saturated heterocycles. The smallest absolute Gasteiger partial charge is 0.220 e. The lowest BCUT2D eigenvalue weighted by atomic mass is 10.1.